The third-order valence-corrected chi connectivity index (χ3v) is 3.11. The van der Waals surface area contributed by atoms with Crippen LogP contribution in [0.1, 0.15) is 21.6 Å². The predicted octanol–water partition coefficient (Wildman–Crippen LogP) is 3.50. The topological polar surface area (TPSA) is 63.1 Å². The summed E-state index contributed by atoms with van der Waals surface area (Å²) in [5, 5.41) is 10.1. The number of nitrogens with zero attached hydrogens (tertiary/aromatic N) is 2. The molecule has 1 N–H and O–H groups in total. The molecule has 102 valence electrons. The zero-order valence-corrected chi connectivity index (χ0v) is 11.1. The number of carboxylic acid groups (broad SMARTS) is 1. The van der Waals surface area contributed by atoms with Crippen molar-refractivity contribution in [2.45, 2.75) is 0 Å². The van der Waals surface area contributed by atoms with Gasteiger partial charge in [-0.3, -0.25) is 0 Å². The molecule has 1 aromatic carbocycles. The minimum atomic E-state index is -0.941. The van der Waals surface area contributed by atoms with Gasteiger partial charge in [0.25, 0.3) is 0 Å². The van der Waals surface area contributed by atoms with Crippen molar-refractivity contribution >= 4 is 29.2 Å². The molecule has 0 saturated carbocycles. The van der Waals surface area contributed by atoms with Crippen LogP contribution in [0.3, 0.4) is 0 Å². The molecular formula is C17H12N2O2. The molecule has 0 bridgehead atoms. The van der Waals surface area contributed by atoms with Gasteiger partial charge in [-0.05, 0) is 42.0 Å². The van der Waals surface area contributed by atoms with Gasteiger partial charge < -0.3 is 5.11 Å². The molecule has 0 fully saturated rings. The number of carbonyl (C=O) groups is 1. The lowest BCUT2D eigenvalue weighted by molar-refractivity contribution is 0.0696. The summed E-state index contributed by atoms with van der Waals surface area (Å²) >= 11 is 0. The van der Waals surface area contributed by atoms with Gasteiger partial charge >= 0.3 is 5.97 Å². The first-order valence-corrected chi connectivity index (χ1v) is 6.46. The minimum absolute atomic E-state index is 0.271. The maximum atomic E-state index is 11.1. The first-order valence-electron chi connectivity index (χ1n) is 6.46. The number of aromatic carboxylic acids is 1. The zero-order chi connectivity index (χ0) is 14.7. The van der Waals surface area contributed by atoms with E-state index in [4.69, 9.17) is 5.11 Å². The third-order valence-electron chi connectivity index (χ3n) is 3.11. The Kier molecular flexibility index (Phi) is 3.43. The van der Waals surface area contributed by atoms with Crippen molar-refractivity contribution in [3.05, 3.63) is 71.5 Å². The van der Waals surface area contributed by atoms with Gasteiger partial charge in [0.2, 0.25) is 0 Å². The molecule has 4 heteroatoms. The van der Waals surface area contributed by atoms with E-state index < -0.39 is 5.97 Å². The van der Waals surface area contributed by atoms with Crippen molar-refractivity contribution in [1.29, 1.82) is 0 Å². The van der Waals surface area contributed by atoms with Crippen molar-refractivity contribution in [2.75, 3.05) is 0 Å². The molecule has 0 saturated heterocycles. The van der Waals surface area contributed by atoms with E-state index in [1.54, 1.807) is 36.5 Å². The van der Waals surface area contributed by atoms with E-state index in [1.807, 2.05) is 30.3 Å². The third kappa shape index (κ3) is 2.79. The van der Waals surface area contributed by atoms with E-state index in [2.05, 4.69) is 9.97 Å². The van der Waals surface area contributed by atoms with Gasteiger partial charge in [-0.25, -0.2) is 14.8 Å². The molecule has 21 heavy (non-hydrogen) atoms. The van der Waals surface area contributed by atoms with Crippen molar-refractivity contribution < 1.29 is 9.90 Å². The van der Waals surface area contributed by atoms with Crippen LogP contribution >= 0.6 is 0 Å². The van der Waals surface area contributed by atoms with E-state index in [1.165, 1.54) is 0 Å². The summed E-state index contributed by atoms with van der Waals surface area (Å²) in [5.74, 6) is -0.941. The molecule has 2 aromatic heterocycles. The van der Waals surface area contributed by atoms with Gasteiger partial charge in [0.15, 0.2) is 5.65 Å². The molecular weight excluding hydrogens is 264 g/mol. The fraction of sp³-hybridized carbons (Fsp3) is 0. The first kappa shape index (κ1) is 13.0. The maximum Gasteiger partial charge on any atom is 0.336 e. The van der Waals surface area contributed by atoms with E-state index in [-0.39, 0.29) is 5.56 Å². The zero-order valence-electron chi connectivity index (χ0n) is 11.1. The molecule has 4 nitrogen and oxygen atoms in total. The standard InChI is InChI=1S/C17H12N2O2/c20-17(21)15-6-2-1-4-12(15)7-9-14-10-8-13-5-3-11-18-16(13)19-14/h1-11H,(H,20,21)/b9-7+. The molecule has 0 amide bonds. The quantitative estimate of drug-likeness (QED) is 0.795. The second-order valence-electron chi connectivity index (χ2n) is 4.51. The summed E-state index contributed by atoms with van der Waals surface area (Å²) < 4.78 is 0. The normalized spacial score (nSPS) is 11.0. The van der Waals surface area contributed by atoms with Gasteiger partial charge in [0, 0.05) is 11.6 Å². The highest BCUT2D eigenvalue weighted by Gasteiger charge is 2.06. The molecule has 0 aliphatic carbocycles. The van der Waals surface area contributed by atoms with E-state index >= 15 is 0 Å². The van der Waals surface area contributed by atoms with Crippen LogP contribution < -0.4 is 0 Å². The van der Waals surface area contributed by atoms with Crippen molar-refractivity contribution in [3.63, 3.8) is 0 Å². The van der Waals surface area contributed by atoms with Crippen LogP contribution in [-0.2, 0) is 0 Å². The second kappa shape index (κ2) is 5.54. The van der Waals surface area contributed by atoms with E-state index in [0.29, 0.717) is 11.2 Å². The van der Waals surface area contributed by atoms with Crippen molar-refractivity contribution in [3.8, 4) is 0 Å². The van der Waals surface area contributed by atoms with Crippen LogP contribution in [0.5, 0.6) is 0 Å². The van der Waals surface area contributed by atoms with E-state index in [9.17, 15) is 4.79 Å². The highest BCUT2D eigenvalue weighted by molar-refractivity contribution is 5.93. The summed E-state index contributed by atoms with van der Waals surface area (Å²) in [6.07, 6.45) is 5.24. The number of hydrogen-bond donors (Lipinski definition) is 1. The Balaban J connectivity index is 1.96. The van der Waals surface area contributed by atoms with Crippen LogP contribution in [0.4, 0.5) is 0 Å². The SMILES string of the molecule is O=C(O)c1ccccc1/C=C/c1ccc2cccnc2n1. The minimum Gasteiger partial charge on any atom is -0.478 e. The Labute approximate surface area is 121 Å². The molecule has 3 aromatic rings. The van der Waals surface area contributed by atoms with E-state index in [0.717, 1.165) is 11.1 Å². The Morgan fingerprint density at radius 3 is 2.71 bits per heavy atom. The monoisotopic (exact) mass is 276 g/mol. The molecule has 0 radical (unpaired) electrons. The molecule has 0 aliphatic heterocycles. The molecule has 0 unspecified atom stereocenters. The van der Waals surface area contributed by atoms with Gasteiger partial charge in [-0.15, -0.1) is 0 Å². The lowest BCUT2D eigenvalue weighted by atomic mass is 10.1. The van der Waals surface area contributed by atoms with Crippen LogP contribution in [0.15, 0.2) is 54.7 Å². The smallest absolute Gasteiger partial charge is 0.336 e. The van der Waals surface area contributed by atoms with Gasteiger partial charge in [0.05, 0.1) is 11.3 Å². The number of pyridine rings is 2. The average Bonchev–Trinajstić information content (AvgIpc) is 2.53. The largest absolute Gasteiger partial charge is 0.478 e. The highest BCUT2D eigenvalue weighted by Crippen LogP contribution is 2.14. The first-order chi connectivity index (χ1) is 10.2. The Morgan fingerprint density at radius 1 is 1.00 bits per heavy atom. The summed E-state index contributed by atoms with van der Waals surface area (Å²) in [6, 6.07) is 14.5. The average molecular weight is 276 g/mol. The number of aromatic nitrogens is 2. The number of benzene rings is 1. The maximum absolute atomic E-state index is 11.1. The highest BCUT2D eigenvalue weighted by atomic mass is 16.4. The van der Waals surface area contributed by atoms with Crippen LogP contribution in [0.2, 0.25) is 0 Å². The number of rotatable bonds is 3. The molecule has 0 spiro atoms. The Morgan fingerprint density at radius 2 is 1.86 bits per heavy atom. The van der Waals surface area contributed by atoms with Gasteiger partial charge in [-0.1, -0.05) is 24.3 Å². The van der Waals surface area contributed by atoms with Crippen LogP contribution in [0.25, 0.3) is 23.2 Å². The summed E-state index contributed by atoms with van der Waals surface area (Å²) in [6.45, 7) is 0. The molecule has 0 atom stereocenters. The van der Waals surface area contributed by atoms with Gasteiger partial charge in [0.1, 0.15) is 0 Å². The van der Waals surface area contributed by atoms with Gasteiger partial charge in [-0.2, -0.15) is 0 Å². The second-order valence-corrected chi connectivity index (χ2v) is 4.51. The predicted molar refractivity (Wildman–Crippen MR) is 81.9 cm³/mol. The molecule has 2 heterocycles. The van der Waals surface area contributed by atoms with Crippen molar-refractivity contribution in [2.24, 2.45) is 0 Å². The lowest BCUT2D eigenvalue weighted by Gasteiger charge is -2.00. The molecule has 0 aliphatic rings. The summed E-state index contributed by atoms with van der Waals surface area (Å²) in [4.78, 5) is 19.8. The molecule has 3 rings (SSSR count). The van der Waals surface area contributed by atoms with Crippen molar-refractivity contribution in [1.82, 2.24) is 9.97 Å². The van der Waals surface area contributed by atoms with Crippen LogP contribution in [-0.4, -0.2) is 21.0 Å². The summed E-state index contributed by atoms with van der Waals surface area (Å²) in [5.41, 5.74) is 2.33. The fourth-order valence-electron chi connectivity index (χ4n) is 2.07. The number of fused-ring (bicyclic) bond motifs is 1. The Hall–Kier alpha value is -3.01. The lowest BCUT2D eigenvalue weighted by Crippen LogP contribution is -1.98. The fourth-order valence-corrected chi connectivity index (χ4v) is 2.07. The summed E-state index contributed by atoms with van der Waals surface area (Å²) in [7, 11) is 0. The number of carboxylic acids is 1. The van der Waals surface area contributed by atoms with Crippen LogP contribution in [0, 0.1) is 0 Å². The Bertz CT molecular complexity index is 841. The number of hydrogen-bond acceptors (Lipinski definition) is 3.